The molecule has 0 radical (unpaired) electrons. The molecule has 0 saturated carbocycles. The molecule has 0 spiro atoms. The topological polar surface area (TPSA) is 121 Å². The van der Waals surface area contributed by atoms with Gasteiger partial charge in [0.15, 0.2) is 23.1 Å². The number of aliphatic hydroxyl groups is 1. The molecule has 3 N–H and O–H groups in total. The third-order valence-electron chi connectivity index (χ3n) is 3.41. The first-order valence-corrected chi connectivity index (χ1v) is 6.38. The fourth-order valence-corrected chi connectivity index (χ4v) is 2.42. The van der Waals surface area contributed by atoms with Crippen LogP contribution in [0.1, 0.15) is 34.1 Å². The van der Waals surface area contributed by atoms with Crippen LogP contribution in [0.25, 0.3) is 0 Å². The van der Waals surface area contributed by atoms with Gasteiger partial charge in [0.2, 0.25) is 0 Å². The second-order valence-electron chi connectivity index (χ2n) is 4.85. The van der Waals surface area contributed by atoms with Crippen LogP contribution in [0.5, 0.6) is 17.2 Å². The molecular weight excluding hydrogens is 292 g/mol. The van der Waals surface area contributed by atoms with E-state index in [1.807, 2.05) is 0 Å². The zero-order chi connectivity index (χ0) is 16.6. The first-order chi connectivity index (χ1) is 10.3. The summed E-state index contributed by atoms with van der Waals surface area (Å²) < 4.78 is 4.84. The number of carbonyl (C=O) groups is 3. The summed E-state index contributed by atoms with van der Waals surface area (Å²) in [6.45, 7) is 0.483. The lowest BCUT2D eigenvalue weighted by Gasteiger charge is -2.22. The first-order valence-electron chi connectivity index (χ1n) is 6.38. The maximum Gasteiger partial charge on any atom is 0.196 e. The van der Waals surface area contributed by atoms with Crippen LogP contribution in [0.3, 0.4) is 0 Å². The summed E-state index contributed by atoms with van der Waals surface area (Å²) in [5.74, 6) is -3.28. The SMILES string of the molecule is COc1cc(O)c2c(c1O)C(=O)C(CC(C)=O)=C(CO)C2=O. The summed E-state index contributed by atoms with van der Waals surface area (Å²) in [6, 6.07) is 1.00. The molecule has 0 saturated heterocycles. The van der Waals surface area contributed by atoms with Crippen molar-refractivity contribution in [1.29, 1.82) is 0 Å². The Morgan fingerprint density at radius 2 is 1.73 bits per heavy atom. The largest absolute Gasteiger partial charge is 0.507 e. The molecule has 7 nitrogen and oxygen atoms in total. The average Bonchev–Trinajstić information content (AvgIpc) is 2.46. The maximum atomic E-state index is 12.5. The van der Waals surface area contributed by atoms with Crippen LogP contribution in [0.15, 0.2) is 17.2 Å². The number of Topliss-reactive ketones (excluding diaryl/α,β-unsaturated/α-hetero) is 3. The van der Waals surface area contributed by atoms with Crippen LogP contribution < -0.4 is 4.74 Å². The normalized spacial score (nSPS) is 14.1. The molecule has 0 unspecified atom stereocenters. The lowest BCUT2D eigenvalue weighted by Crippen LogP contribution is -2.25. The smallest absolute Gasteiger partial charge is 0.196 e. The van der Waals surface area contributed by atoms with Crippen molar-refractivity contribution in [1.82, 2.24) is 0 Å². The van der Waals surface area contributed by atoms with Crippen molar-refractivity contribution < 1.29 is 34.4 Å². The van der Waals surface area contributed by atoms with Crippen molar-refractivity contribution in [2.75, 3.05) is 13.7 Å². The molecule has 1 aliphatic carbocycles. The number of aromatic hydroxyl groups is 2. The molecule has 1 aliphatic rings. The molecule has 0 aromatic heterocycles. The second kappa shape index (κ2) is 5.61. The van der Waals surface area contributed by atoms with Crippen molar-refractivity contribution in [2.45, 2.75) is 13.3 Å². The Bertz CT molecular complexity index is 728. The Balaban J connectivity index is 2.78. The summed E-state index contributed by atoms with van der Waals surface area (Å²) in [7, 11) is 1.22. The number of allylic oxidation sites excluding steroid dienone is 1. The predicted octanol–water partition coefficient (Wildman–Crippen LogP) is 0.753. The molecule has 0 aliphatic heterocycles. The number of hydrogen-bond acceptors (Lipinski definition) is 7. The number of phenolic OH excluding ortho intramolecular Hbond substituents is 2. The number of ketones is 3. The Morgan fingerprint density at radius 3 is 2.23 bits per heavy atom. The van der Waals surface area contributed by atoms with Crippen molar-refractivity contribution in [2.24, 2.45) is 0 Å². The Labute approximate surface area is 125 Å². The van der Waals surface area contributed by atoms with Gasteiger partial charge in [0.05, 0.1) is 24.8 Å². The van der Waals surface area contributed by atoms with Crippen molar-refractivity contribution >= 4 is 17.3 Å². The molecule has 0 bridgehead atoms. The summed E-state index contributed by atoms with van der Waals surface area (Å²) in [5, 5.41) is 29.3. The van der Waals surface area contributed by atoms with E-state index in [-0.39, 0.29) is 29.1 Å². The molecule has 0 amide bonds. The van der Waals surface area contributed by atoms with Crippen LogP contribution in [-0.4, -0.2) is 46.4 Å². The van der Waals surface area contributed by atoms with Gasteiger partial charge in [-0.1, -0.05) is 0 Å². The first kappa shape index (κ1) is 15.7. The molecule has 0 heterocycles. The lowest BCUT2D eigenvalue weighted by molar-refractivity contribution is -0.116. The lowest BCUT2D eigenvalue weighted by atomic mass is 9.81. The number of fused-ring (bicyclic) bond motifs is 1. The van der Waals surface area contributed by atoms with Crippen molar-refractivity contribution in [3.63, 3.8) is 0 Å². The number of hydrogen-bond donors (Lipinski definition) is 3. The standard InChI is InChI=1S/C15H14O7/c1-6(17)3-7-8(5-16)14(20)11-9(18)4-10(22-2)15(21)12(11)13(7)19/h4,16,18,21H,3,5H2,1-2H3. The zero-order valence-corrected chi connectivity index (χ0v) is 12.0. The highest BCUT2D eigenvalue weighted by Crippen LogP contribution is 2.43. The predicted molar refractivity (Wildman–Crippen MR) is 74.4 cm³/mol. The Morgan fingerprint density at radius 1 is 1.14 bits per heavy atom. The molecule has 116 valence electrons. The quantitative estimate of drug-likeness (QED) is 0.702. The van der Waals surface area contributed by atoms with Crippen LogP contribution in [0, 0.1) is 0 Å². The highest BCUT2D eigenvalue weighted by molar-refractivity contribution is 6.30. The summed E-state index contributed by atoms with van der Waals surface area (Å²) in [6.07, 6.45) is -0.350. The summed E-state index contributed by atoms with van der Waals surface area (Å²) >= 11 is 0. The van der Waals surface area contributed by atoms with Gasteiger partial charge in [0, 0.05) is 23.6 Å². The number of rotatable bonds is 4. The van der Waals surface area contributed by atoms with E-state index in [1.165, 1.54) is 14.0 Å². The molecular formula is C15H14O7. The molecule has 1 aromatic rings. The van der Waals surface area contributed by atoms with E-state index in [9.17, 15) is 29.7 Å². The maximum absolute atomic E-state index is 12.5. The van der Waals surface area contributed by atoms with Crippen LogP contribution >= 0.6 is 0 Å². The van der Waals surface area contributed by atoms with Gasteiger partial charge in [0.25, 0.3) is 0 Å². The summed E-state index contributed by atoms with van der Waals surface area (Å²) in [4.78, 5) is 36.2. The summed E-state index contributed by atoms with van der Waals surface area (Å²) in [5.41, 5.74) is -1.27. The van der Waals surface area contributed by atoms with Crippen LogP contribution in [-0.2, 0) is 4.79 Å². The van der Waals surface area contributed by atoms with E-state index in [2.05, 4.69) is 0 Å². The van der Waals surface area contributed by atoms with Crippen molar-refractivity contribution in [3.05, 3.63) is 28.3 Å². The number of methoxy groups -OCH3 is 1. The van der Waals surface area contributed by atoms with Crippen LogP contribution in [0.2, 0.25) is 0 Å². The van der Waals surface area contributed by atoms with Gasteiger partial charge in [-0.2, -0.15) is 0 Å². The number of phenols is 2. The third-order valence-corrected chi connectivity index (χ3v) is 3.41. The monoisotopic (exact) mass is 306 g/mol. The minimum atomic E-state index is -0.802. The van der Waals surface area contributed by atoms with E-state index in [0.717, 1.165) is 6.07 Å². The Hall–Kier alpha value is -2.67. The Kier molecular flexibility index (Phi) is 4.01. The highest BCUT2D eigenvalue weighted by Gasteiger charge is 2.37. The van der Waals surface area contributed by atoms with Gasteiger partial charge in [-0.05, 0) is 6.92 Å². The van der Waals surface area contributed by atoms with E-state index < -0.39 is 40.8 Å². The van der Waals surface area contributed by atoms with Crippen LogP contribution in [0.4, 0.5) is 0 Å². The van der Waals surface area contributed by atoms with E-state index >= 15 is 0 Å². The highest BCUT2D eigenvalue weighted by atomic mass is 16.5. The zero-order valence-electron chi connectivity index (χ0n) is 12.0. The molecule has 0 fully saturated rings. The van der Waals surface area contributed by atoms with Gasteiger partial charge >= 0.3 is 0 Å². The van der Waals surface area contributed by atoms with Gasteiger partial charge in [-0.25, -0.2) is 0 Å². The van der Waals surface area contributed by atoms with Gasteiger partial charge < -0.3 is 20.1 Å². The average molecular weight is 306 g/mol. The molecule has 2 rings (SSSR count). The molecule has 7 heteroatoms. The molecule has 1 aromatic carbocycles. The van der Waals surface area contributed by atoms with Gasteiger partial charge in [-0.3, -0.25) is 14.4 Å². The van der Waals surface area contributed by atoms with Crippen molar-refractivity contribution in [3.8, 4) is 17.2 Å². The van der Waals surface area contributed by atoms with Gasteiger partial charge in [0.1, 0.15) is 11.5 Å². The molecule has 22 heavy (non-hydrogen) atoms. The number of aliphatic hydroxyl groups excluding tert-OH is 1. The fourth-order valence-electron chi connectivity index (χ4n) is 2.42. The number of benzene rings is 1. The van der Waals surface area contributed by atoms with E-state index in [1.54, 1.807) is 0 Å². The number of carbonyl (C=O) groups excluding carboxylic acids is 3. The van der Waals surface area contributed by atoms with E-state index in [4.69, 9.17) is 4.74 Å². The fraction of sp³-hybridized carbons (Fsp3) is 0.267. The molecule has 0 atom stereocenters. The minimum Gasteiger partial charge on any atom is -0.507 e. The van der Waals surface area contributed by atoms with Gasteiger partial charge in [-0.15, -0.1) is 0 Å². The third kappa shape index (κ3) is 2.25. The minimum absolute atomic E-state index is 0.174. The second-order valence-corrected chi connectivity index (χ2v) is 4.85. The number of ether oxygens (including phenoxy) is 1. The van der Waals surface area contributed by atoms with E-state index in [0.29, 0.717) is 0 Å².